The lowest BCUT2D eigenvalue weighted by Crippen LogP contribution is -2.25. The van der Waals surface area contributed by atoms with Gasteiger partial charge in [0.2, 0.25) is 0 Å². The second-order valence-corrected chi connectivity index (χ2v) is 5.24. The van der Waals surface area contributed by atoms with Crippen LogP contribution in [0.4, 0.5) is 5.69 Å². The fourth-order valence-electron chi connectivity index (χ4n) is 1.84. The third kappa shape index (κ3) is 2.12. The molecule has 0 atom stereocenters. The molecule has 2 rings (SSSR count). The van der Waals surface area contributed by atoms with Crippen LogP contribution in [-0.2, 0) is 6.54 Å². The number of pyridine rings is 1. The van der Waals surface area contributed by atoms with E-state index in [1.807, 2.05) is 0 Å². The van der Waals surface area contributed by atoms with Crippen LogP contribution in [0, 0.1) is 16.7 Å². The van der Waals surface area contributed by atoms with Gasteiger partial charge in [-0.1, -0.05) is 0 Å². The minimum Gasteiger partial charge on any atom is -0.398 e. The zero-order chi connectivity index (χ0) is 11.8. The molecule has 84 valence electrons. The lowest BCUT2D eigenvalue weighted by atomic mass is 10.0. The van der Waals surface area contributed by atoms with E-state index in [0.29, 0.717) is 23.1 Å². The van der Waals surface area contributed by atoms with Crippen molar-refractivity contribution >= 4 is 21.6 Å². The topological polar surface area (TPSA) is 71.8 Å². The third-order valence-electron chi connectivity index (χ3n) is 2.98. The molecule has 1 aromatic rings. The first-order chi connectivity index (χ1) is 7.56. The van der Waals surface area contributed by atoms with Crippen molar-refractivity contribution in [1.82, 2.24) is 4.57 Å². The maximum Gasteiger partial charge on any atom is 0.264 e. The van der Waals surface area contributed by atoms with E-state index in [1.54, 1.807) is 16.8 Å². The summed E-state index contributed by atoms with van der Waals surface area (Å²) in [6, 6.07) is 3.78. The largest absolute Gasteiger partial charge is 0.398 e. The summed E-state index contributed by atoms with van der Waals surface area (Å²) in [6.45, 7) is 0.586. The van der Waals surface area contributed by atoms with Gasteiger partial charge in [-0.05, 0) is 34.8 Å². The Morgan fingerprint density at radius 3 is 2.88 bits per heavy atom. The summed E-state index contributed by atoms with van der Waals surface area (Å²) >= 11 is 3.19. The first kappa shape index (κ1) is 11.2. The zero-order valence-corrected chi connectivity index (χ0v) is 10.3. The molecule has 1 fully saturated rings. The van der Waals surface area contributed by atoms with E-state index in [1.165, 1.54) is 0 Å². The zero-order valence-electron chi connectivity index (χ0n) is 8.74. The number of hydrogen-bond acceptors (Lipinski definition) is 3. The van der Waals surface area contributed by atoms with Crippen LogP contribution in [0.2, 0.25) is 0 Å². The summed E-state index contributed by atoms with van der Waals surface area (Å²) in [5, 5.41) is 8.73. The van der Waals surface area contributed by atoms with Crippen molar-refractivity contribution < 1.29 is 0 Å². The van der Waals surface area contributed by atoms with E-state index in [9.17, 15) is 4.79 Å². The maximum absolute atomic E-state index is 11.8. The lowest BCUT2D eigenvalue weighted by molar-refractivity contribution is 0.423. The quantitative estimate of drug-likeness (QED) is 0.920. The highest BCUT2D eigenvalue weighted by atomic mass is 79.9. The standard InChI is InChI=1S/C11H12BrN3O/c12-9-5-8(14)6-15(10(9)16)7-11(1-2-11)3-4-13/h5-6H,1-3,7,14H2. The van der Waals surface area contributed by atoms with Gasteiger partial charge in [0.05, 0.1) is 10.5 Å². The van der Waals surface area contributed by atoms with Crippen molar-refractivity contribution in [3.05, 3.63) is 27.1 Å². The van der Waals surface area contributed by atoms with E-state index >= 15 is 0 Å². The van der Waals surface area contributed by atoms with Crippen molar-refractivity contribution in [2.45, 2.75) is 25.8 Å². The van der Waals surface area contributed by atoms with E-state index in [-0.39, 0.29) is 11.0 Å². The normalized spacial score (nSPS) is 16.8. The van der Waals surface area contributed by atoms with Crippen molar-refractivity contribution in [2.24, 2.45) is 5.41 Å². The molecular formula is C11H12BrN3O. The molecule has 5 heteroatoms. The average Bonchev–Trinajstić information content (AvgIpc) is 2.94. The molecule has 0 saturated heterocycles. The molecule has 0 spiro atoms. The Morgan fingerprint density at radius 1 is 1.62 bits per heavy atom. The molecule has 0 radical (unpaired) electrons. The number of rotatable bonds is 3. The molecule has 16 heavy (non-hydrogen) atoms. The first-order valence-electron chi connectivity index (χ1n) is 5.09. The Hall–Kier alpha value is -1.28. The summed E-state index contributed by atoms with van der Waals surface area (Å²) in [7, 11) is 0. The fraction of sp³-hybridized carbons (Fsp3) is 0.455. The van der Waals surface area contributed by atoms with E-state index < -0.39 is 0 Å². The molecule has 4 nitrogen and oxygen atoms in total. The highest BCUT2D eigenvalue weighted by molar-refractivity contribution is 9.10. The minimum atomic E-state index is -0.0848. The number of hydrogen-bond donors (Lipinski definition) is 1. The molecule has 1 aromatic heterocycles. The molecular weight excluding hydrogens is 270 g/mol. The van der Waals surface area contributed by atoms with Gasteiger partial charge < -0.3 is 10.3 Å². The number of aromatic nitrogens is 1. The van der Waals surface area contributed by atoms with Crippen LogP contribution < -0.4 is 11.3 Å². The number of halogens is 1. The van der Waals surface area contributed by atoms with Gasteiger partial charge >= 0.3 is 0 Å². The van der Waals surface area contributed by atoms with Crippen LogP contribution in [0.5, 0.6) is 0 Å². The predicted octanol–water partition coefficient (Wildman–Crippen LogP) is 1.89. The summed E-state index contributed by atoms with van der Waals surface area (Å²) in [6.07, 6.45) is 4.18. The number of anilines is 1. The van der Waals surface area contributed by atoms with Crippen LogP contribution in [0.3, 0.4) is 0 Å². The van der Waals surface area contributed by atoms with E-state index in [2.05, 4.69) is 22.0 Å². The number of nitrogens with two attached hydrogens (primary N) is 1. The van der Waals surface area contributed by atoms with E-state index in [4.69, 9.17) is 11.0 Å². The van der Waals surface area contributed by atoms with Gasteiger partial charge in [-0.2, -0.15) is 5.26 Å². The average molecular weight is 282 g/mol. The van der Waals surface area contributed by atoms with Gasteiger partial charge in [0.25, 0.3) is 5.56 Å². The molecule has 1 aliphatic carbocycles. The second kappa shape index (κ2) is 3.95. The van der Waals surface area contributed by atoms with Gasteiger partial charge in [0.15, 0.2) is 0 Å². The molecule has 1 saturated carbocycles. The van der Waals surface area contributed by atoms with Gasteiger partial charge in [0.1, 0.15) is 0 Å². The Morgan fingerprint density at radius 2 is 2.31 bits per heavy atom. The Labute approximate surface area is 102 Å². The van der Waals surface area contributed by atoms with Gasteiger partial charge in [-0.25, -0.2) is 0 Å². The first-order valence-corrected chi connectivity index (χ1v) is 5.88. The van der Waals surface area contributed by atoms with Crippen LogP contribution >= 0.6 is 15.9 Å². The van der Waals surface area contributed by atoms with Crippen molar-refractivity contribution in [3.8, 4) is 6.07 Å². The molecule has 2 N–H and O–H groups in total. The van der Waals surface area contributed by atoms with Crippen LogP contribution in [0.15, 0.2) is 21.5 Å². The number of nitrogen functional groups attached to an aromatic ring is 1. The molecule has 0 bridgehead atoms. The Bertz CT molecular complexity index is 511. The number of nitrogens with zero attached hydrogens (tertiary/aromatic N) is 2. The van der Waals surface area contributed by atoms with Crippen molar-refractivity contribution in [2.75, 3.05) is 5.73 Å². The predicted molar refractivity (Wildman–Crippen MR) is 64.7 cm³/mol. The van der Waals surface area contributed by atoms with Crippen LogP contribution in [-0.4, -0.2) is 4.57 Å². The van der Waals surface area contributed by atoms with Gasteiger partial charge in [-0.3, -0.25) is 4.79 Å². The Balaban J connectivity index is 2.29. The molecule has 0 aliphatic heterocycles. The smallest absolute Gasteiger partial charge is 0.264 e. The molecule has 0 unspecified atom stereocenters. The Kier molecular flexibility index (Phi) is 2.76. The summed E-state index contributed by atoms with van der Waals surface area (Å²) in [4.78, 5) is 11.8. The summed E-state index contributed by atoms with van der Waals surface area (Å²) in [5.41, 5.74) is 6.16. The third-order valence-corrected chi connectivity index (χ3v) is 3.55. The lowest BCUT2D eigenvalue weighted by Gasteiger charge is -2.14. The van der Waals surface area contributed by atoms with Crippen LogP contribution in [0.1, 0.15) is 19.3 Å². The molecule has 1 aliphatic rings. The highest BCUT2D eigenvalue weighted by Crippen LogP contribution is 2.49. The monoisotopic (exact) mass is 281 g/mol. The molecule has 0 aromatic carbocycles. The van der Waals surface area contributed by atoms with Gasteiger partial charge in [-0.15, -0.1) is 0 Å². The highest BCUT2D eigenvalue weighted by Gasteiger charge is 2.42. The SMILES string of the molecule is N#CCC1(Cn2cc(N)cc(Br)c2=O)CC1. The van der Waals surface area contributed by atoms with Crippen LogP contribution in [0.25, 0.3) is 0 Å². The minimum absolute atomic E-state index is 0.00576. The second-order valence-electron chi connectivity index (χ2n) is 4.39. The molecule has 0 amide bonds. The van der Waals surface area contributed by atoms with Gasteiger partial charge in [0, 0.05) is 30.3 Å². The molecule has 1 heterocycles. The number of nitriles is 1. The van der Waals surface area contributed by atoms with Crippen molar-refractivity contribution in [1.29, 1.82) is 5.26 Å². The fourth-order valence-corrected chi connectivity index (χ4v) is 2.33. The van der Waals surface area contributed by atoms with E-state index in [0.717, 1.165) is 12.8 Å². The van der Waals surface area contributed by atoms with Crippen molar-refractivity contribution in [3.63, 3.8) is 0 Å². The summed E-state index contributed by atoms with van der Waals surface area (Å²) < 4.78 is 2.07. The maximum atomic E-state index is 11.8. The summed E-state index contributed by atoms with van der Waals surface area (Å²) in [5.74, 6) is 0.